The van der Waals surface area contributed by atoms with Crippen LogP contribution in [0.4, 0.5) is 24.7 Å². The average Bonchev–Trinajstić information content (AvgIpc) is 2.79. The summed E-state index contributed by atoms with van der Waals surface area (Å²) in [6.45, 7) is 7.65. The van der Waals surface area contributed by atoms with E-state index in [2.05, 4.69) is 11.8 Å². The number of hydrogen-bond acceptors (Lipinski definition) is 6. The summed E-state index contributed by atoms with van der Waals surface area (Å²) in [7, 11) is 0. The zero-order valence-electron chi connectivity index (χ0n) is 19.3. The maximum atomic E-state index is 13.6. The highest BCUT2D eigenvalue weighted by Gasteiger charge is 2.36. The van der Waals surface area contributed by atoms with Gasteiger partial charge in [0.25, 0.3) is 0 Å². The van der Waals surface area contributed by atoms with Crippen molar-refractivity contribution >= 4 is 23.3 Å². The summed E-state index contributed by atoms with van der Waals surface area (Å²) in [5, 5.41) is 0. The Bertz CT molecular complexity index is 1150. The third-order valence-corrected chi connectivity index (χ3v) is 7.01. The van der Waals surface area contributed by atoms with Gasteiger partial charge in [0.05, 0.1) is 35.3 Å². The van der Waals surface area contributed by atoms with Crippen LogP contribution in [0, 0.1) is 0 Å². The number of morpholine rings is 1. The van der Waals surface area contributed by atoms with Crippen LogP contribution in [0.3, 0.4) is 0 Å². The minimum absolute atomic E-state index is 0.109. The summed E-state index contributed by atoms with van der Waals surface area (Å²) >= 11 is 1.14. The first-order valence-corrected chi connectivity index (χ1v) is 11.8. The lowest BCUT2D eigenvalue weighted by Crippen LogP contribution is -2.44. The van der Waals surface area contributed by atoms with Crippen molar-refractivity contribution in [2.45, 2.75) is 42.6 Å². The van der Waals surface area contributed by atoms with Gasteiger partial charge in [0.15, 0.2) is 5.82 Å². The molecule has 1 saturated heterocycles. The first kappa shape index (κ1) is 24.3. The number of halogens is 3. The molecule has 34 heavy (non-hydrogen) atoms. The summed E-state index contributed by atoms with van der Waals surface area (Å²) in [4.78, 5) is 11.9. The molecule has 0 spiro atoms. The van der Waals surface area contributed by atoms with Crippen LogP contribution in [-0.4, -0.2) is 35.8 Å². The summed E-state index contributed by atoms with van der Waals surface area (Å²) < 4.78 is 45.7. The van der Waals surface area contributed by atoms with Crippen molar-refractivity contribution < 1.29 is 17.9 Å². The number of benzene rings is 2. The molecule has 1 atom stereocenters. The first-order chi connectivity index (χ1) is 16.0. The highest BCUT2D eigenvalue weighted by Crippen LogP contribution is 2.46. The minimum Gasteiger partial charge on any atom is -0.399 e. The number of ether oxygens (including phenoxy) is 1. The Hall–Kier alpha value is -2.78. The van der Waals surface area contributed by atoms with E-state index in [-0.39, 0.29) is 10.9 Å². The third-order valence-electron chi connectivity index (χ3n) is 5.72. The molecule has 0 aliphatic carbocycles. The molecule has 0 bridgehead atoms. The van der Waals surface area contributed by atoms with Gasteiger partial charge in [-0.3, -0.25) is 0 Å². The Labute approximate surface area is 201 Å². The van der Waals surface area contributed by atoms with E-state index in [1.165, 1.54) is 12.1 Å². The van der Waals surface area contributed by atoms with E-state index in [9.17, 15) is 13.2 Å². The van der Waals surface area contributed by atoms with E-state index in [0.29, 0.717) is 37.0 Å². The quantitative estimate of drug-likeness (QED) is 0.351. The Morgan fingerprint density at radius 1 is 1.06 bits per heavy atom. The molecule has 4 rings (SSSR count). The number of hydrogen-bond donors (Lipinski definition) is 1. The fraction of sp³-hybridized carbons (Fsp3) is 0.360. The SMILES string of the molecule is C[C@H]1COCCN1c1cc(C(C)(C)Sc2ccccc2C(F)(F)F)nc(-c2ccc(N)cc2)n1. The normalized spacial score (nSPS) is 17.1. The average molecular weight is 489 g/mol. The molecule has 1 aromatic heterocycles. The maximum absolute atomic E-state index is 13.6. The number of thioether (sulfide) groups is 1. The smallest absolute Gasteiger partial charge is 0.399 e. The summed E-state index contributed by atoms with van der Waals surface area (Å²) in [6, 6.07) is 14.9. The molecule has 2 heterocycles. The fourth-order valence-corrected chi connectivity index (χ4v) is 5.04. The minimum atomic E-state index is -4.44. The molecule has 3 aromatic rings. The standard InChI is InChI=1S/C25H27F3N4OS/c1-16-15-33-13-12-32(16)22-14-21(30-23(31-22)17-8-10-18(29)11-9-17)24(2,3)34-20-7-5-4-6-19(20)25(26,27)28/h4-11,14,16H,12-13,15,29H2,1-3H3/t16-/m0/s1. The number of nitrogen functional groups attached to an aromatic ring is 1. The van der Waals surface area contributed by atoms with Crippen LogP contribution in [0.1, 0.15) is 32.0 Å². The van der Waals surface area contributed by atoms with Crippen LogP contribution in [-0.2, 0) is 15.7 Å². The lowest BCUT2D eigenvalue weighted by Gasteiger charge is -2.35. The topological polar surface area (TPSA) is 64.3 Å². The molecular formula is C25H27F3N4OS. The Morgan fingerprint density at radius 2 is 1.76 bits per heavy atom. The molecule has 9 heteroatoms. The molecule has 2 N–H and O–H groups in total. The van der Waals surface area contributed by atoms with Gasteiger partial charge in [0.2, 0.25) is 0 Å². The molecular weight excluding hydrogens is 461 g/mol. The van der Waals surface area contributed by atoms with E-state index < -0.39 is 16.5 Å². The number of aromatic nitrogens is 2. The molecule has 0 saturated carbocycles. The van der Waals surface area contributed by atoms with E-state index in [1.807, 2.05) is 32.0 Å². The Kier molecular flexibility index (Phi) is 6.78. The molecule has 1 fully saturated rings. The second kappa shape index (κ2) is 9.46. The van der Waals surface area contributed by atoms with Crippen molar-refractivity contribution in [2.75, 3.05) is 30.4 Å². The molecule has 1 aliphatic rings. The molecule has 0 unspecified atom stereocenters. The van der Waals surface area contributed by atoms with Gasteiger partial charge in [-0.05, 0) is 57.2 Å². The summed E-state index contributed by atoms with van der Waals surface area (Å²) in [5.74, 6) is 1.23. The van der Waals surface area contributed by atoms with Crippen molar-refractivity contribution in [2.24, 2.45) is 0 Å². The van der Waals surface area contributed by atoms with Crippen LogP contribution in [0.2, 0.25) is 0 Å². The van der Waals surface area contributed by atoms with Crippen LogP contribution >= 0.6 is 11.8 Å². The van der Waals surface area contributed by atoms with E-state index in [4.69, 9.17) is 20.4 Å². The number of rotatable bonds is 5. The van der Waals surface area contributed by atoms with Crippen molar-refractivity contribution in [3.8, 4) is 11.4 Å². The predicted molar refractivity (Wildman–Crippen MR) is 130 cm³/mol. The van der Waals surface area contributed by atoms with E-state index in [0.717, 1.165) is 29.2 Å². The van der Waals surface area contributed by atoms with Crippen LogP contribution in [0.15, 0.2) is 59.5 Å². The van der Waals surface area contributed by atoms with E-state index in [1.54, 1.807) is 18.2 Å². The number of alkyl halides is 3. The maximum Gasteiger partial charge on any atom is 0.417 e. The summed E-state index contributed by atoms with van der Waals surface area (Å²) in [5.41, 5.74) is 7.25. The van der Waals surface area contributed by atoms with Gasteiger partial charge in [-0.2, -0.15) is 13.2 Å². The van der Waals surface area contributed by atoms with E-state index >= 15 is 0 Å². The van der Waals surface area contributed by atoms with Crippen molar-refractivity contribution in [3.63, 3.8) is 0 Å². The Balaban J connectivity index is 1.79. The second-order valence-corrected chi connectivity index (χ2v) is 10.4. The highest BCUT2D eigenvalue weighted by molar-refractivity contribution is 8.00. The molecule has 180 valence electrons. The number of anilines is 2. The van der Waals surface area contributed by atoms with Crippen molar-refractivity contribution in [1.29, 1.82) is 0 Å². The van der Waals surface area contributed by atoms with Crippen LogP contribution in [0.25, 0.3) is 11.4 Å². The van der Waals surface area contributed by atoms with Gasteiger partial charge in [-0.25, -0.2) is 9.97 Å². The third kappa shape index (κ3) is 5.31. The Morgan fingerprint density at radius 3 is 2.44 bits per heavy atom. The van der Waals surface area contributed by atoms with Crippen LogP contribution in [0.5, 0.6) is 0 Å². The summed E-state index contributed by atoms with van der Waals surface area (Å²) in [6.07, 6.45) is -4.44. The van der Waals surface area contributed by atoms with Gasteiger partial charge in [-0.1, -0.05) is 12.1 Å². The van der Waals surface area contributed by atoms with Gasteiger partial charge in [-0.15, -0.1) is 11.8 Å². The lowest BCUT2D eigenvalue weighted by atomic mass is 10.1. The fourth-order valence-electron chi connectivity index (χ4n) is 3.84. The first-order valence-electron chi connectivity index (χ1n) is 11.0. The number of nitrogens with two attached hydrogens (primary N) is 1. The molecule has 0 amide bonds. The molecule has 1 aliphatic heterocycles. The van der Waals surface area contributed by atoms with Crippen LogP contribution < -0.4 is 10.6 Å². The highest BCUT2D eigenvalue weighted by atomic mass is 32.2. The lowest BCUT2D eigenvalue weighted by molar-refractivity contribution is -0.139. The predicted octanol–water partition coefficient (Wildman–Crippen LogP) is 6.00. The number of nitrogens with zero attached hydrogens (tertiary/aromatic N) is 3. The zero-order chi connectivity index (χ0) is 24.5. The van der Waals surface area contributed by atoms with Crippen molar-refractivity contribution in [3.05, 3.63) is 65.9 Å². The molecule has 5 nitrogen and oxygen atoms in total. The van der Waals surface area contributed by atoms with Gasteiger partial charge in [0, 0.05) is 28.8 Å². The largest absolute Gasteiger partial charge is 0.417 e. The zero-order valence-corrected chi connectivity index (χ0v) is 20.1. The van der Waals surface area contributed by atoms with Gasteiger partial charge in [0.1, 0.15) is 5.82 Å². The monoisotopic (exact) mass is 488 g/mol. The molecule has 0 radical (unpaired) electrons. The van der Waals surface area contributed by atoms with Gasteiger partial charge < -0.3 is 15.4 Å². The van der Waals surface area contributed by atoms with Gasteiger partial charge >= 0.3 is 6.18 Å². The molecule has 2 aromatic carbocycles. The second-order valence-electron chi connectivity index (χ2n) is 8.78. The van der Waals surface area contributed by atoms with Crippen molar-refractivity contribution in [1.82, 2.24) is 9.97 Å².